The second-order valence-electron chi connectivity index (χ2n) is 4.29. The van der Waals surface area contributed by atoms with Crippen molar-refractivity contribution in [1.82, 2.24) is 0 Å². The summed E-state index contributed by atoms with van der Waals surface area (Å²) in [5.74, 6) is -0.527. The van der Waals surface area contributed by atoms with E-state index in [1.54, 1.807) is 30.3 Å². The van der Waals surface area contributed by atoms with E-state index in [1.165, 1.54) is 12.1 Å². The number of phenolic OH excluding ortho intramolecular Hbond substituents is 1. The molecule has 0 aliphatic carbocycles. The first kappa shape index (κ1) is 15.5. The van der Waals surface area contributed by atoms with Crippen LogP contribution in [0.2, 0.25) is 0 Å². The van der Waals surface area contributed by atoms with Gasteiger partial charge in [0.05, 0.1) is 15.9 Å². The predicted octanol–water partition coefficient (Wildman–Crippen LogP) is 2.71. The highest BCUT2D eigenvalue weighted by Gasteiger charge is 2.17. The molecular weight excluding hydrogens is 308 g/mol. The van der Waals surface area contributed by atoms with Gasteiger partial charge in [-0.25, -0.2) is 8.42 Å². The molecule has 0 unspecified atom stereocenters. The third kappa shape index (κ3) is 3.83. The molecular formula is C14H12N2O5S. The number of hydrogen-bond acceptors (Lipinski definition) is 5. The van der Waals surface area contributed by atoms with Crippen LogP contribution in [0.25, 0.3) is 6.08 Å². The fourth-order valence-corrected chi connectivity index (χ4v) is 2.61. The molecule has 2 aromatic carbocycles. The van der Waals surface area contributed by atoms with Gasteiger partial charge in [0.2, 0.25) is 0 Å². The fraction of sp³-hybridized carbons (Fsp3) is 0. The molecule has 0 bridgehead atoms. The van der Waals surface area contributed by atoms with Gasteiger partial charge in [-0.3, -0.25) is 14.8 Å². The quantitative estimate of drug-likeness (QED) is 0.650. The van der Waals surface area contributed by atoms with Crippen molar-refractivity contribution in [3.8, 4) is 5.75 Å². The Balaban J connectivity index is 2.29. The highest BCUT2D eigenvalue weighted by molar-refractivity contribution is 7.95. The van der Waals surface area contributed by atoms with Crippen molar-refractivity contribution < 1.29 is 18.4 Å². The van der Waals surface area contributed by atoms with Crippen molar-refractivity contribution in [3.05, 3.63) is 69.6 Å². The normalized spacial score (nSPS) is 11.5. The summed E-state index contributed by atoms with van der Waals surface area (Å²) >= 11 is 0. The molecule has 0 spiro atoms. The summed E-state index contributed by atoms with van der Waals surface area (Å²) in [4.78, 5) is 10.1. The maximum Gasteiger partial charge on any atom is 0.317 e. The van der Waals surface area contributed by atoms with E-state index in [0.29, 0.717) is 5.69 Å². The third-order valence-corrected chi connectivity index (χ3v) is 3.70. The summed E-state index contributed by atoms with van der Waals surface area (Å²) in [6.07, 6.45) is 1.06. The first-order valence-electron chi connectivity index (χ1n) is 6.11. The van der Waals surface area contributed by atoms with Crippen molar-refractivity contribution in [2.24, 2.45) is 0 Å². The van der Waals surface area contributed by atoms with Crippen LogP contribution in [0, 0.1) is 10.1 Å². The first-order valence-corrected chi connectivity index (χ1v) is 7.66. The molecule has 0 saturated carbocycles. The molecule has 0 saturated heterocycles. The number of para-hydroxylation sites is 2. The minimum absolute atomic E-state index is 0.0107. The summed E-state index contributed by atoms with van der Waals surface area (Å²) < 4.78 is 26.1. The van der Waals surface area contributed by atoms with Crippen LogP contribution in [0.15, 0.2) is 53.9 Å². The smallest absolute Gasteiger partial charge is 0.317 e. The Labute approximate surface area is 126 Å². The summed E-state index contributed by atoms with van der Waals surface area (Å²) in [5, 5.41) is 21.2. The number of hydrogen-bond donors (Lipinski definition) is 2. The Morgan fingerprint density at radius 3 is 2.41 bits per heavy atom. The van der Waals surface area contributed by atoms with Crippen LogP contribution in [-0.2, 0) is 10.0 Å². The molecule has 2 aromatic rings. The molecule has 0 aliphatic heterocycles. The van der Waals surface area contributed by atoms with Gasteiger partial charge in [0, 0.05) is 5.69 Å². The fourth-order valence-electron chi connectivity index (χ4n) is 1.75. The number of phenols is 1. The van der Waals surface area contributed by atoms with Gasteiger partial charge in [-0.05, 0) is 30.3 Å². The Hall–Kier alpha value is -2.87. The maximum absolute atomic E-state index is 11.9. The van der Waals surface area contributed by atoms with Crippen LogP contribution >= 0.6 is 0 Å². The van der Waals surface area contributed by atoms with E-state index in [4.69, 9.17) is 0 Å². The number of benzene rings is 2. The molecule has 0 heterocycles. The average Bonchev–Trinajstić information content (AvgIpc) is 2.45. The van der Waals surface area contributed by atoms with Crippen LogP contribution in [0.1, 0.15) is 5.56 Å². The number of rotatable bonds is 5. The molecule has 0 aromatic heterocycles. The molecule has 0 atom stereocenters. The first-order chi connectivity index (χ1) is 10.4. The highest BCUT2D eigenvalue weighted by Crippen LogP contribution is 2.30. The van der Waals surface area contributed by atoms with Gasteiger partial charge < -0.3 is 5.11 Å². The van der Waals surface area contributed by atoms with Gasteiger partial charge in [0.15, 0.2) is 5.75 Å². The maximum atomic E-state index is 11.9. The van der Waals surface area contributed by atoms with Crippen molar-refractivity contribution in [1.29, 1.82) is 0 Å². The van der Waals surface area contributed by atoms with Crippen LogP contribution in [0.3, 0.4) is 0 Å². The molecule has 0 radical (unpaired) electrons. The SMILES string of the molecule is O=[N+]([O-])c1c(O)cccc1C=CS(=O)(=O)Nc1ccccc1. The van der Waals surface area contributed by atoms with E-state index >= 15 is 0 Å². The molecule has 114 valence electrons. The number of nitro groups is 1. The number of nitrogens with zero attached hydrogens (tertiary/aromatic N) is 1. The summed E-state index contributed by atoms with van der Waals surface area (Å²) in [7, 11) is -3.82. The Morgan fingerprint density at radius 1 is 1.09 bits per heavy atom. The second-order valence-corrected chi connectivity index (χ2v) is 5.85. The van der Waals surface area contributed by atoms with E-state index in [2.05, 4.69) is 4.72 Å². The number of sulfonamides is 1. The lowest BCUT2D eigenvalue weighted by molar-refractivity contribution is -0.386. The summed E-state index contributed by atoms with van der Waals surface area (Å²) in [6.45, 7) is 0. The second kappa shape index (κ2) is 6.27. The van der Waals surface area contributed by atoms with Crippen molar-refractivity contribution >= 4 is 27.5 Å². The van der Waals surface area contributed by atoms with E-state index in [0.717, 1.165) is 17.6 Å². The van der Waals surface area contributed by atoms with Gasteiger partial charge in [-0.1, -0.05) is 24.3 Å². The van der Waals surface area contributed by atoms with Crippen LogP contribution in [0.4, 0.5) is 11.4 Å². The predicted molar refractivity (Wildman–Crippen MR) is 82.8 cm³/mol. The number of nitrogens with one attached hydrogen (secondary N) is 1. The lowest BCUT2D eigenvalue weighted by Crippen LogP contribution is -2.08. The van der Waals surface area contributed by atoms with Gasteiger partial charge >= 0.3 is 5.69 Å². The topological polar surface area (TPSA) is 110 Å². The zero-order chi connectivity index (χ0) is 16.2. The standard InChI is InChI=1S/C14H12N2O5S/c17-13-8-4-5-11(14(13)16(18)19)9-10-22(20,21)15-12-6-2-1-3-7-12/h1-10,15,17H. The Morgan fingerprint density at radius 2 is 1.77 bits per heavy atom. The Bertz CT molecular complexity index is 816. The van der Waals surface area contributed by atoms with Crippen molar-refractivity contribution in [2.45, 2.75) is 0 Å². The van der Waals surface area contributed by atoms with Crippen LogP contribution in [-0.4, -0.2) is 18.4 Å². The van der Waals surface area contributed by atoms with Crippen LogP contribution in [0.5, 0.6) is 5.75 Å². The lowest BCUT2D eigenvalue weighted by Gasteiger charge is -2.04. The number of aromatic hydroxyl groups is 1. The van der Waals surface area contributed by atoms with Crippen molar-refractivity contribution in [3.63, 3.8) is 0 Å². The van der Waals surface area contributed by atoms with Gasteiger partial charge in [0.25, 0.3) is 10.0 Å². The van der Waals surface area contributed by atoms with E-state index in [-0.39, 0.29) is 5.56 Å². The van der Waals surface area contributed by atoms with Crippen LogP contribution < -0.4 is 4.72 Å². The Kier molecular flexibility index (Phi) is 4.42. The minimum Gasteiger partial charge on any atom is -0.502 e. The molecule has 7 nitrogen and oxygen atoms in total. The molecule has 22 heavy (non-hydrogen) atoms. The zero-order valence-corrected chi connectivity index (χ0v) is 12.0. The molecule has 8 heteroatoms. The monoisotopic (exact) mass is 320 g/mol. The van der Waals surface area contributed by atoms with Gasteiger partial charge in [0.1, 0.15) is 0 Å². The van der Waals surface area contributed by atoms with E-state index < -0.39 is 26.4 Å². The molecule has 2 rings (SSSR count). The largest absolute Gasteiger partial charge is 0.502 e. The van der Waals surface area contributed by atoms with Gasteiger partial charge in [-0.2, -0.15) is 0 Å². The number of nitro benzene ring substituents is 1. The summed E-state index contributed by atoms with van der Waals surface area (Å²) in [6, 6.07) is 12.1. The number of anilines is 1. The molecule has 0 amide bonds. The lowest BCUT2D eigenvalue weighted by atomic mass is 10.1. The van der Waals surface area contributed by atoms with Crippen molar-refractivity contribution in [2.75, 3.05) is 4.72 Å². The van der Waals surface area contributed by atoms with Gasteiger partial charge in [-0.15, -0.1) is 0 Å². The molecule has 0 fully saturated rings. The molecule has 2 N–H and O–H groups in total. The van der Waals surface area contributed by atoms with E-state index in [9.17, 15) is 23.6 Å². The molecule has 0 aliphatic rings. The van der Waals surface area contributed by atoms with E-state index in [1.807, 2.05) is 0 Å². The average molecular weight is 320 g/mol. The third-order valence-electron chi connectivity index (χ3n) is 2.69. The zero-order valence-electron chi connectivity index (χ0n) is 11.2. The highest BCUT2D eigenvalue weighted by atomic mass is 32.2. The summed E-state index contributed by atoms with van der Waals surface area (Å²) in [5.41, 5.74) is -0.186. The minimum atomic E-state index is -3.82.